The molecule has 0 spiro atoms. The van der Waals surface area contributed by atoms with Crippen molar-refractivity contribution in [3.63, 3.8) is 0 Å². The number of amides is 1. The Morgan fingerprint density at radius 2 is 1.80 bits per heavy atom. The molecule has 1 amide bonds. The summed E-state index contributed by atoms with van der Waals surface area (Å²) in [4.78, 5) is 34.4. The molecule has 9 heteroatoms. The first-order valence-electron chi connectivity index (χ1n) is 13.6. The number of carbonyl (C=O) groups is 2. The van der Waals surface area contributed by atoms with Gasteiger partial charge in [0.1, 0.15) is 5.69 Å². The number of pyridine rings is 1. The van der Waals surface area contributed by atoms with Crippen molar-refractivity contribution in [2.75, 3.05) is 0 Å². The average molecular weight is 534 g/mol. The van der Waals surface area contributed by atoms with Crippen LogP contribution in [-0.2, 0) is 10.2 Å². The van der Waals surface area contributed by atoms with Gasteiger partial charge in [-0.2, -0.15) is 9.61 Å². The molecule has 2 aromatic carbocycles. The van der Waals surface area contributed by atoms with Gasteiger partial charge in [0.25, 0.3) is 11.7 Å². The summed E-state index contributed by atoms with van der Waals surface area (Å²) in [5, 5.41) is 17.7. The van der Waals surface area contributed by atoms with Crippen molar-refractivity contribution in [3.05, 3.63) is 83.9 Å². The zero-order chi connectivity index (χ0) is 28.1. The fourth-order valence-electron chi connectivity index (χ4n) is 5.26. The van der Waals surface area contributed by atoms with Crippen molar-refractivity contribution >= 4 is 28.4 Å². The molecule has 40 heavy (non-hydrogen) atoms. The number of nitrogens with one attached hydrogen (secondary N) is 1. The molecule has 0 aliphatic heterocycles. The fourth-order valence-corrected chi connectivity index (χ4v) is 5.26. The number of hydrogen-bond donors (Lipinski definition) is 1. The largest absolute Gasteiger partial charge is 0.342 e. The highest BCUT2D eigenvalue weighted by Gasteiger charge is 2.50. The number of hydrogen-bond acceptors (Lipinski definition) is 7. The number of ketones is 1. The minimum atomic E-state index is -0.557. The third-order valence-corrected chi connectivity index (χ3v) is 7.72. The molecule has 1 saturated carbocycles. The van der Waals surface area contributed by atoms with Gasteiger partial charge in [0.2, 0.25) is 0 Å². The van der Waals surface area contributed by atoms with Crippen molar-refractivity contribution in [1.29, 1.82) is 0 Å². The number of aromatic nitrogens is 6. The predicted octanol–water partition coefficient (Wildman–Crippen LogP) is 4.94. The molecule has 1 atom stereocenters. The molecule has 202 valence electrons. The lowest BCUT2D eigenvalue weighted by Crippen LogP contribution is -2.48. The molecule has 5 aromatic rings. The van der Waals surface area contributed by atoms with Crippen LogP contribution in [0.4, 0.5) is 0 Å². The third-order valence-electron chi connectivity index (χ3n) is 7.72. The molecule has 3 heterocycles. The summed E-state index contributed by atoms with van der Waals surface area (Å²) in [6.07, 6.45) is 5.73. The molecular weight excluding hydrogens is 502 g/mol. The van der Waals surface area contributed by atoms with Crippen LogP contribution in [0.25, 0.3) is 27.9 Å². The molecular formula is C31H31N7O2. The van der Waals surface area contributed by atoms with Gasteiger partial charge in [-0.1, -0.05) is 52.0 Å². The van der Waals surface area contributed by atoms with Crippen LogP contribution in [0.1, 0.15) is 68.7 Å². The van der Waals surface area contributed by atoms with E-state index in [2.05, 4.69) is 43.7 Å². The van der Waals surface area contributed by atoms with Crippen molar-refractivity contribution < 1.29 is 9.59 Å². The standard InChI is InChI=1S/C31H31N7O2/c1-5-25(39)26(30(2,3)4)34-27(40)20-10-8-19(9-11-20)24-18-33-29-36-35-28(38(29)37-24)31(14-15-31)22-12-13-23-21(17-22)7-6-16-32-23/h6-13,16-18,26H,5,14-15H2,1-4H3,(H,34,40)/t26-/m1/s1. The molecule has 3 aromatic heterocycles. The molecule has 9 nitrogen and oxygen atoms in total. The van der Waals surface area contributed by atoms with Gasteiger partial charge in [-0.15, -0.1) is 10.2 Å². The Balaban J connectivity index is 1.29. The molecule has 0 unspecified atom stereocenters. The maximum atomic E-state index is 13.0. The van der Waals surface area contributed by atoms with Crippen LogP contribution in [-0.4, -0.2) is 47.5 Å². The first-order chi connectivity index (χ1) is 19.2. The number of carbonyl (C=O) groups excluding carboxylic acids is 2. The molecule has 1 aliphatic rings. The highest BCUT2D eigenvalue weighted by Crippen LogP contribution is 2.53. The van der Waals surface area contributed by atoms with Crippen LogP contribution < -0.4 is 5.32 Å². The zero-order valence-electron chi connectivity index (χ0n) is 23.0. The summed E-state index contributed by atoms with van der Waals surface area (Å²) in [5.74, 6) is 0.943. The monoisotopic (exact) mass is 533 g/mol. The van der Waals surface area contributed by atoms with Crippen LogP contribution >= 0.6 is 0 Å². The van der Waals surface area contributed by atoms with Crippen molar-refractivity contribution in [1.82, 2.24) is 35.1 Å². The molecule has 1 aliphatic carbocycles. The maximum Gasteiger partial charge on any atom is 0.271 e. The minimum Gasteiger partial charge on any atom is -0.342 e. The first-order valence-corrected chi connectivity index (χ1v) is 13.6. The highest BCUT2D eigenvalue weighted by molar-refractivity contribution is 5.98. The lowest BCUT2D eigenvalue weighted by molar-refractivity contribution is -0.122. The smallest absolute Gasteiger partial charge is 0.271 e. The summed E-state index contributed by atoms with van der Waals surface area (Å²) in [7, 11) is 0. The van der Waals surface area contributed by atoms with E-state index in [1.54, 1.807) is 29.0 Å². The van der Waals surface area contributed by atoms with E-state index in [1.165, 1.54) is 5.56 Å². The van der Waals surface area contributed by atoms with Gasteiger partial charge < -0.3 is 5.32 Å². The Morgan fingerprint density at radius 1 is 1.02 bits per heavy atom. The number of nitrogens with zero attached hydrogens (tertiary/aromatic N) is 6. The fraction of sp³-hybridized carbons (Fsp3) is 0.323. The van der Waals surface area contributed by atoms with E-state index >= 15 is 0 Å². The van der Waals surface area contributed by atoms with E-state index in [9.17, 15) is 9.59 Å². The summed E-state index contributed by atoms with van der Waals surface area (Å²) in [5.41, 5.74) is 3.41. The first kappa shape index (κ1) is 25.7. The minimum absolute atomic E-state index is 0.0135. The Hall–Kier alpha value is -4.53. The number of fused-ring (bicyclic) bond motifs is 2. The summed E-state index contributed by atoms with van der Waals surface area (Å²) >= 11 is 0. The maximum absolute atomic E-state index is 13.0. The second kappa shape index (κ2) is 9.59. The second-order valence-corrected chi connectivity index (χ2v) is 11.5. The Morgan fingerprint density at radius 3 is 2.50 bits per heavy atom. The van der Waals surface area contributed by atoms with Crippen LogP contribution in [0.15, 0.2) is 67.0 Å². The summed E-state index contributed by atoms with van der Waals surface area (Å²) in [6, 6.07) is 16.9. The van der Waals surface area contributed by atoms with Crippen molar-refractivity contribution in [2.24, 2.45) is 5.41 Å². The van der Waals surface area contributed by atoms with Crippen molar-refractivity contribution in [2.45, 2.75) is 58.4 Å². The van der Waals surface area contributed by atoms with Crippen LogP contribution in [0, 0.1) is 5.41 Å². The molecule has 6 rings (SSSR count). The second-order valence-electron chi connectivity index (χ2n) is 11.5. The van der Waals surface area contributed by atoms with Gasteiger partial charge in [0.05, 0.1) is 23.2 Å². The van der Waals surface area contributed by atoms with Gasteiger partial charge in [-0.05, 0) is 54.2 Å². The highest BCUT2D eigenvalue weighted by atomic mass is 16.2. The summed E-state index contributed by atoms with van der Waals surface area (Å²) in [6.45, 7) is 7.66. The van der Waals surface area contributed by atoms with Crippen molar-refractivity contribution in [3.8, 4) is 11.3 Å². The average Bonchev–Trinajstić information content (AvgIpc) is 3.66. The zero-order valence-corrected chi connectivity index (χ0v) is 23.0. The van der Waals surface area contributed by atoms with Gasteiger partial charge >= 0.3 is 0 Å². The van der Waals surface area contributed by atoms with E-state index in [0.29, 0.717) is 23.5 Å². The number of Topliss-reactive ketones (excluding diaryl/α,β-unsaturated/α-hetero) is 1. The molecule has 1 N–H and O–H groups in total. The van der Waals surface area contributed by atoms with Crippen LogP contribution in [0.5, 0.6) is 0 Å². The lowest BCUT2D eigenvalue weighted by Gasteiger charge is -2.30. The lowest BCUT2D eigenvalue weighted by atomic mass is 9.83. The Bertz CT molecular complexity index is 1750. The summed E-state index contributed by atoms with van der Waals surface area (Å²) < 4.78 is 1.74. The quantitative estimate of drug-likeness (QED) is 0.315. The van der Waals surface area contributed by atoms with E-state index in [4.69, 9.17) is 5.10 Å². The van der Waals surface area contributed by atoms with E-state index in [-0.39, 0.29) is 22.5 Å². The van der Waals surface area contributed by atoms with E-state index in [0.717, 1.165) is 35.1 Å². The van der Waals surface area contributed by atoms with Crippen LogP contribution in [0.3, 0.4) is 0 Å². The molecule has 0 radical (unpaired) electrons. The number of benzene rings is 2. The van der Waals surface area contributed by atoms with Gasteiger partial charge in [-0.25, -0.2) is 4.98 Å². The van der Waals surface area contributed by atoms with E-state index in [1.807, 2.05) is 52.0 Å². The number of rotatable bonds is 7. The predicted molar refractivity (Wildman–Crippen MR) is 152 cm³/mol. The molecule has 0 saturated heterocycles. The van der Waals surface area contributed by atoms with Gasteiger partial charge in [0.15, 0.2) is 11.6 Å². The normalized spacial score (nSPS) is 15.2. The third kappa shape index (κ3) is 4.51. The molecule has 0 bridgehead atoms. The van der Waals surface area contributed by atoms with Gasteiger partial charge in [-0.3, -0.25) is 14.6 Å². The SMILES string of the molecule is CCC(=O)[C@@H](NC(=O)c1ccc(-c2cnc3nnc(C4(c5ccc6ncccc6c5)CC4)n3n2)cc1)C(C)(C)C. The van der Waals surface area contributed by atoms with Gasteiger partial charge in [0, 0.05) is 29.1 Å². The van der Waals surface area contributed by atoms with E-state index < -0.39 is 6.04 Å². The Kier molecular flexibility index (Phi) is 6.17. The molecule has 1 fully saturated rings. The van der Waals surface area contributed by atoms with Crippen LogP contribution in [0.2, 0.25) is 0 Å². The topological polar surface area (TPSA) is 115 Å². The Labute approximate surface area is 232 Å².